The van der Waals surface area contributed by atoms with E-state index >= 15 is 0 Å². The van der Waals surface area contributed by atoms with E-state index in [4.69, 9.17) is 38.8 Å². The number of aromatic carboxylic acids is 1. The third kappa shape index (κ3) is 3.35. The van der Waals surface area contributed by atoms with Crippen molar-refractivity contribution in [1.82, 2.24) is 0 Å². The molecule has 0 aliphatic heterocycles. The van der Waals surface area contributed by atoms with E-state index in [1.54, 1.807) is 24.3 Å². The second-order valence-electron chi connectivity index (χ2n) is 4.09. The van der Waals surface area contributed by atoms with Crippen LogP contribution in [0.15, 0.2) is 36.4 Å². The van der Waals surface area contributed by atoms with Crippen LogP contribution in [0.1, 0.15) is 15.9 Å². The quantitative estimate of drug-likeness (QED) is 0.841. The van der Waals surface area contributed by atoms with Gasteiger partial charge < -0.3 is 15.6 Å². The number of nitrogen functional groups attached to an aromatic ring is 1. The number of carboxylic acids is 1. The van der Waals surface area contributed by atoms with Crippen LogP contribution in [0.2, 0.25) is 10.0 Å². The van der Waals surface area contributed by atoms with Gasteiger partial charge in [0, 0.05) is 21.3 Å². The second-order valence-corrected chi connectivity index (χ2v) is 4.93. The molecule has 6 heteroatoms. The van der Waals surface area contributed by atoms with Crippen molar-refractivity contribution in [2.45, 2.75) is 6.61 Å². The first-order valence-corrected chi connectivity index (χ1v) is 6.42. The number of ether oxygens (including phenoxy) is 1. The fourth-order valence-corrected chi connectivity index (χ4v) is 2.02. The Morgan fingerprint density at radius 2 is 1.95 bits per heavy atom. The van der Waals surface area contributed by atoms with Crippen LogP contribution in [0.25, 0.3) is 0 Å². The molecular weight excluding hydrogens is 301 g/mol. The van der Waals surface area contributed by atoms with Crippen LogP contribution in [0.4, 0.5) is 5.69 Å². The van der Waals surface area contributed by atoms with E-state index in [0.29, 0.717) is 21.3 Å². The molecule has 0 aromatic heterocycles. The normalized spacial score (nSPS) is 10.3. The summed E-state index contributed by atoms with van der Waals surface area (Å²) in [6, 6.07) is 9.42. The standard InChI is InChI=1S/C14H11Cl2NO3/c15-9-1-3-12(16)8(5-9)7-20-13-4-2-10(17)6-11(13)14(18)19/h1-6H,7,17H2,(H,18,19). The number of anilines is 1. The Morgan fingerprint density at radius 3 is 2.65 bits per heavy atom. The minimum absolute atomic E-state index is 0.00292. The molecule has 0 saturated heterocycles. The molecule has 20 heavy (non-hydrogen) atoms. The maximum absolute atomic E-state index is 11.1. The van der Waals surface area contributed by atoms with Crippen molar-refractivity contribution in [3.8, 4) is 5.75 Å². The van der Waals surface area contributed by atoms with Gasteiger partial charge in [0.2, 0.25) is 0 Å². The van der Waals surface area contributed by atoms with E-state index in [9.17, 15) is 4.79 Å². The highest BCUT2D eigenvalue weighted by Crippen LogP contribution is 2.25. The van der Waals surface area contributed by atoms with Gasteiger partial charge in [0.15, 0.2) is 0 Å². The van der Waals surface area contributed by atoms with Crippen molar-refractivity contribution in [3.63, 3.8) is 0 Å². The van der Waals surface area contributed by atoms with Crippen molar-refractivity contribution >= 4 is 34.9 Å². The summed E-state index contributed by atoms with van der Waals surface area (Å²) in [6.45, 7) is 0.115. The highest BCUT2D eigenvalue weighted by Gasteiger charge is 2.12. The molecule has 0 saturated carbocycles. The summed E-state index contributed by atoms with van der Waals surface area (Å²) in [5.74, 6) is -0.882. The van der Waals surface area contributed by atoms with Gasteiger partial charge in [-0.05, 0) is 36.4 Å². The van der Waals surface area contributed by atoms with E-state index in [2.05, 4.69) is 0 Å². The van der Waals surface area contributed by atoms with Gasteiger partial charge in [-0.3, -0.25) is 0 Å². The van der Waals surface area contributed by atoms with Gasteiger partial charge in [0.1, 0.15) is 17.9 Å². The van der Waals surface area contributed by atoms with Gasteiger partial charge in [0.05, 0.1) is 0 Å². The molecule has 2 rings (SSSR count). The van der Waals surface area contributed by atoms with Gasteiger partial charge in [-0.15, -0.1) is 0 Å². The first-order chi connectivity index (χ1) is 9.47. The predicted molar refractivity (Wildman–Crippen MR) is 78.6 cm³/mol. The number of hydrogen-bond acceptors (Lipinski definition) is 3. The predicted octanol–water partition coefficient (Wildman–Crippen LogP) is 3.85. The van der Waals surface area contributed by atoms with Crippen LogP contribution in [-0.2, 0) is 6.61 Å². The molecule has 0 aliphatic rings. The number of halogens is 2. The second kappa shape index (κ2) is 6.03. The Hall–Kier alpha value is -1.91. The van der Waals surface area contributed by atoms with Crippen molar-refractivity contribution in [1.29, 1.82) is 0 Å². The van der Waals surface area contributed by atoms with E-state index < -0.39 is 5.97 Å². The Balaban J connectivity index is 2.23. The largest absolute Gasteiger partial charge is 0.488 e. The molecule has 0 atom stereocenters. The average Bonchev–Trinajstić information content (AvgIpc) is 2.40. The molecule has 0 radical (unpaired) electrons. The summed E-state index contributed by atoms with van der Waals surface area (Å²) in [7, 11) is 0. The average molecular weight is 312 g/mol. The lowest BCUT2D eigenvalue weighted by Gasteiger charge is -2.11. The molecule has 104 valence electrons. The van der Waals surface area contributed by atoms with Crippen molar-refractivity contribution < 1.29 is 14.6 Å². The van der Waals surface area contributed by atoms with Gasteiger partial charge >= 0.3 is 5.97 Å². The van der Waals surface area contributed by atoms with E-state index in [-0.39, 0.29) is 17.9 Å². The minimum atomic E-state index is -1.11. The van der Waals surface area contributed by atoms with Gasteiger partial charge in [-0.25, -0.2) is 4.79 Å². The van der Waals surface area contributed by atoms with E-state index in [1.165, 1.54) is 12.1 Å². The monoisotopic (exact) mass is 311 g/mol. The topological polar surface area (TPSA) is 72.5 Å². The van der Waals surface area contributed by atoms with Crippen molar-refractivity contribution in [2.24, 2.45) is 0 Å². The first-order valence-electron chi connectivity index (χ1n) is 5.67. The Morgan fingerprint density at radius 1 is 1.20 bits per heavy atom. The number of hydrogen-bond donors (Lipinski definition) is 2. The molecule has 0 aliphatic carbocycles. The van der Waals surface area contributed by atoms with E-state index in [0.717, 1.165) is 0 Å². The highest BCUT2D eigenvalue weighted by molar-refractivity contribution is 6.33. The van der Waals surface area contributed by atoms with Crippen molar-refractivity contribution in [3.05, 3.63) is 57.6 Å². The summed E-state index contributed by atoms with van der Waals surface area (Å²) < 4.78 is 5.50. The van der Waals surface area contributed by atoms with E-state index in [1.807, 2.05) is 0 Å². The number of carboxylic acid groups (broad SMARTS) is 1. The highest BCUT2D eigenvalue weighted by atomic mass is 35.5. The number of benzene rings is 2. The summed E-state index contributed by atoms with van der Waals surface area (Å²) >= 11 is 11.9. The van der Waals surface area contributed by atoms with Crippen LogP contribution in [0.3, 0.4) is 0 Å². The zero-order valence-corrected chi connectivity index (χ0v) is 11.8. The van der Waals surface area contributed by atoms with Crippen LogP contribution >= 0.6 is 23.2 Å². The van der Waals surface area contributed by atoms with Gasteiger partial charge in [-0.2, -0.15) is 0 Å². The lowest BCUT2D eigenvalue weighted by Crippen LogP contribution is -2.04. The Bertz CT molecular complexity index is 659. The summed E-state index contributed by atoms with van der Waals surface area (Å²) in [5.41, 5.74) is 6.59. The van der Waals surface area contributed by atoms with Crippen molar-refractivity contribution in [2.75, 3.05) is 5.73 Å². The molecule has 2 aromatic carbocycles. The summed E-state index contributed by atoms with van der Waals surface area (Å²) in [5, 5.41) is 10.1. The molecular formula is C14H11Cl2NO3. The molecule has 3 N–H and O–H groups in total. The number of rotatable bonds is 4. The zero-order chi connectivity index (χ0) is 14.7. The fourth-order valence-electron chi connectivity index (χ4n) is 1.65. The molecule has 0 fully saturated rings. The smallest absolute Gasteiger partial charge is 0.339 e. The molecule has 2 aromatic rings. The van der Waals surface area contributed by atoms with Gasteiger partial charge in [0.25, 0.3) is 0 Å². The summed E-state index contributed by atoms with van der Waals surface area (Å²) in [4.78, 5) is 11.1. The fraction of sp³-hybridized carbons (Fsp3) is 0.0714. The maximum atomic E-state index is 11.1. The van der Waals surface area contributed by atoms with Gasteiger partial charge in [-0.1, -0.05) is 23.2 Å². The van der Waals surface area contributed by atoms with Crippen LogP contribution < -0.4 is 10.5 Å². The lowest BCUT2D eigenvalue weighted by molar-refractivity contribution is 0.0692. The minimum Gasteiger partial charge on any atom is -0.488 e. The third-order valence-corrected chi connectivity index (χ3v) is 3.23. The summed E-state index contributed by atoms with van der Waals surface area (Å²) in [6.07, 6.45) is 0. The number of carbonyl (C=O) groups is 1. The molecule has 0 spiro atoms. The molecule has 0 unspecified atom stereocenters. The molecule has 0 heterocycles. The first kappa shape index (κ1) is 14.5. The van der Waals surface area contributed by atoms with Crippen LogP contribution in [0.5, 0.6) is 5.75 Å². The Labute approximate surface area is 125 Å². The van der Waals surface area contributed by atoms with Crippen LogP contribution in [-0.4, -0.2) is 11.1 Å². The SMILES string of the molecule is Nc1ccc(OCc2cc(Cl)ccc2Cl)c(C(=O)O)c1. The Kier molecular flexibility index (Phi) is 4.37. The molecule has 4 nitrogen and oxygen atoms in total. The molecule has 0 amide bonds. The third-order valence-electron chi connectivity index (χ3n) is 2.62. The molecule has 0 bridgehead atoms. The van der Waals surface area contributed by atoms with Crippen LogP contribution in [0, 0.1) is 0 Å². The lowest BCUT2D eigenvalue weighted by atomic mass is 10.2. The number of nitrogens with two attached hydrogens (primary N) is 1. The maximum Gasteiger partial charge on any atom is 0.339 e. The zero-order valence-electron chi connectivity index (χ0n) is 10.3.